The van der Waals surface area contributed by atoms with Crippen LogP contribution >= 0.6 is 11.6 Å². The maximum atomic E-state index is 10.4. The van der Waals surface area contributed by atoms with Crippen LogP contribution in [-0.4, -0.2) is 25.2 Å². The highest BCUT2D eigenvalue weighted by Gasteiger charge is 1.98. The first-order valence-electron chi connectivity index (χ1n) is 2.60. The fraction of sp³-hybridized carbons (Fsp3) is 0.800. The van der Waals surface area contributed by atoms with Crippen LogP contribution in [0.3, 0.4) is 0 Å². The summed E-state index contributed by atoms with van der Waals surface area (Å²) < 4.78 is 9.06. The highest BCUT2D eigenvalue weighted by Crippen LogP contribution is 1.82. The lowest BCUT2D eigenvalue weighted by molar-refractivity contribution is -0.147. The van der Waals surface area contributed by atoms with Gasteiger partial charge in [0.1, 0.15) is 12.7 Å². The number of carbonyl (C=O) groups is 1. The molecule has 54 valence electrons. The number of alkyl halides is 1. The molecule has 0 bridgehead atoms. The zero-order valence-corrected chi connectivity index (χ0v) is 5.98. The number of ether oxygens (including phenoxy) is 2. The fourth-order valence-electron chi connectivity index (χ4n) is 0.325. The summed E-state index contributed by atoms with van der Waals surface area (Å²) in [5, 5.41) is 0. The van der Waals surface area contributed by atoms with Gasteiger partial charge in [-0.2, -0.15) is 0 Å². The molecule has 0 saturated heterocycles. The van der Waals surface area contributed by atoms with E-state index >= 15 is 0 Å². The predicted octanol–water partition coefficient (Wildman–Crippen LogP) is 0.762. The first kappa shape index (κ1) is 8.72. The molecular weight excluding hydrogens is 144 g/mol. The van der Waals surface area contributed by atoms with Crippen molar-refractivity contribution in [2.45, 2.75) is 6.92 Å². The van der Waals surface area contributed by atoms with Crippen LogP contribution in [0.1, 0.15) is 6.92 Å². The first-order chi connectivity index (χ1) is 4.31. The molecule has 4 heteroatoms. The van der Waals surface area contributed by atoms with E-state index in [1.54, 1.807) is 6.92 Å². The van der Waals surface area contributed by atoms with Crippen LogP contribution in [0.5, 0.6) is 0 Å². The first-order valence-corrected chi connectivity index (χ1v) is 3.14. The van der Waals surface area contributed by atoms with E-state index < -0.39 is 0 Å². The molecule has 0 rings (SSSR count). The normalized spacial score (nSPS) is 9.11. The zero-order valence-electron chi connectivity index (χ0n) is 5.22. The van der Waals surface area contributed by atoms with Gasteiger partial charge in [-0.1, -0.05) is 11.6 Å². The van der Waals surface area contributed by atoms with Crippen LogP contribution < -0.4 is 0 Å². The SMILES string of the molecule is CCOC(=O)COCCl. The van der Waals surface area contributed by atoms with E-state index in [0.29, 0.717) is 6.61 Å². The molecule has 9 heavy (non-hydrogen) atoms. The van der Waals surface area contributed by atoms with Crippen LogP contribution in [0.25, 0.3) is 0 Å². The zero-order chi connectivity index (χ0) is 7.11. The average molecular weight is 153 g/mol. The van der Waals surface area contributed by atoms with Crippen molar-refractivity contribution < 1.29 is 14.3 Å². The molecule has 0 aromatic heterocycles. The van der Waals surface area contributed by atoms with E-state index in [0.717, 1.165) is 0 Å². The highest BCUT2D eigenvalue weighted by atomic mass is 35.5. The van der Waals surface area contributed by atoms with Crippen LogP contribution in [0.15, 0.2) is 0 Å². The van der Waals surface area contributed by atoms with Crippen LogP contribution in [0, 0.1) is 0 Å². The lowest BCUT2D eigenvalue weighted by Crippen LogP contribution is -2.11. The van der Waals surface area contributed by atoms with Crippen molar-refractivity contribution in [3.63, 3.8) is 0 Å². The van der Waals surface area contributed by atoms with Gasteiger partial charge in [0.2, 0.25) is 0 Å². The number of esters is 1. The number of carbonyl (C=O) groups excluding carboxylic acids is 1. The lowest BCUT2D eigenvalue weighted by Gasteiger charge is -1.98. The summed E-state index contributed by atoms with van der Waals surface area (Å²) in [5.74, 6) is -0.377. The average Bonchev–Trinajstić information content (AvgIpc) is 1.85. The van der Waals surface area contributed by atoms with Gasteiger partial charge in [-0.15, -0.1) is 0 Å². The topological polar surface area (TPSA) is 35.5 Å². The monoisotopic (exact) mass is 152 g/mol. The van der Waals surface area contributed by atoms with E-state index in [9.17, 15) is 4.79 Å². The summed E-state index contributed by atoms with van der Waals surface area (Å²) in [6.07, 6.45) is 0. The molecule has 0 saturated carbocycles. The Kier molecular flexibility index (Phi) is 5.67. The largest absolute Gasteiger partial charge is 0.464 e. The quantitative estimate of drug-likeness (QED) is 0.441. The van der Waals surface area contributed by atoms with Gasteiger partial charge in [0.05, 0.1) is 6.61 Å². The summed E-state index contributed by atoms with van der Waals surface area (Å²) in [7, 11) is 0. The van der Waals surface area contributed by atoms with E-state index in [1.807, 2.05) is 0 Å². The Morgan fingerprint density at radius 3 is 2.78 bits per heavy atom. The predicted molar refractivity (Wildman–Crippen MR) is 33.3 cm³/mol. The highest BCUT2D eigenvalue weighted by molar-refractivity contribution is 6.17. The third-order valence-electron chi connectivity index (χ3n) is 0.602. The van der Waals surface area contributed by atoms with Gasteiger partial charge in [0.15, 0.2) is 0 Å². The van der Waals surface area contributed by atoms with Gasteiger partial charge >= 0.3 is 5.97 Å². The Labute approximate surface area is 58.9 Å². The van der Waals surface area contributed by atoms with Crippen molar-refractivity contribution in [1.82, 2.24) is 0 Å². The minimum atomic E-state index is -0.377. The summed E-state index contributed by atoms with van der Waals surface area (Å²) >= 11 is 5.12. The van der Waals surface area contributed by atoms with Crippen molar-refractivity contribution >= 4 is 17.6 Å². The molecule has 3 nitrogen and oxygen atoms in total. The van der Waals surface area contributed by atoms with Crippen LogP contribution in [-0.2, 0) is 14.3 Å². The molecule has 0 amide bonds. The second-order valence-corrected chi connectivity index (χ2v) is 1.48. The second-order valence-electron chi connectivity index (χ2n) is 1.26. The van der Waals surface area contributed by atoms with Crippen molar-refractivity contribution in [2.75, 3.05) is 19.3 Å². The van der Waals surface area contributed by atoms with Crippen molar-refractivity contribution in [3.05, 3.63) is 0 Å². The van der Waals surface area contributed by atoms with Gasteiger partial charge in [0, 0.05) is 0 Å². The van der Waals surface area contributed by atoms with Gasteiger partial charge < -0.3 is 9.47 Å². The van der Waals surface area contributed by atoms with Gasteiger partial charge in [-0.05, 0) is 6.92 Å². The Hall–Kier alpha value is -0.280. The summed E-state index contributed by atoms with van der Waals surface area (Å²) in [4.78, 5) is 10.4. The molecule has 0 atom stereocenters. The Balaban J connectivity index is 3.06. The molecule has 0 spiro atoms. The Morgan fingerprint density at radius 2 is 2.33 bits per heavy atom. The van der Waals surface area contributed by atoms with Crippen molar-refractivity contribution in [1.29, 1.82) is 0 Å². The lowest BCUT2D eigenvalue weighted by atomic mass is 10.7. The number of rotatable bonds is 4. The van der Waals surface area contributed by atoms with Gasteiger partial charge in [0.25, 0.3) is 0 Å². The fourth-order valence-corrected chi connectivity index (χ4v) is 0.402. The smallest absolute Gasteiger partial charge is 0.332 e. The second kappa shape index (κ2) is 5.85. The molecule has 0 aromatic carbocycles. The maximum absolute atomic E-state index is 10.4. The minimum absolute atomic E-state index is 0.0266. The summed E-state index contributed by atoms with van der Waals surface area (Å²) in [6.45, 7) is 2.06. The molecular formula is C5H9ClO3. The maximum Gasteiger partial charge on any atom is 0.332 e. The van der Waals surface area contributed by atoms with Gasteiger partial charge in [-0.3, -0.25) is 0 Å². The Morgan fingerprint density at radius 1 is 1.67 bits per heavy atom. The van der Waals surface area contributed by atoms with E-state index in [-0.39, 0.29) is 18.6 Å². The van der Waals surface area contributed by atoms with Crippen LogP contribution in [0.2, 0.25) is 0 Å². The molecule has 0 aliphatic heterocycles. The molecule has 0 radical (unpaired) electrons. The third kappa shape index (κ3) is 5.59. The number of halogens is 1. The van der Waals surface area contributed by atoms with Crippen molar-refractivity contribution in [3.8, 4) is 0 Å². The molecule has 0 heterocycles. The summed E-state index contributed by atoms with van der Waals surface area (Å²) in [6, 6.07) is 0.0266. The number of hydrogen-bond acceptors (Lipinski definition) is 3. The van der Waals surface area contributed by atoms with Crippen molar-refractivity contribution in [2.24, 2.45) is 0 Å². The Bertz CT molecular complexity index is 84.3. The molecule has 0 unspecified atom stereocenters. The minimum Gasteiger partial charge on any atom is -0.464 e. The molecule has 0 aliphatic carbocycles. The summed E-state index contributed by atoms with van der Waals surface area (Å²) in [5.41, 5.74) is 0. The standard InChI is InChI=1S/C5H9ClO3/c1-2-9-5(7)3-8-4-6/h2-4H2,1H3. The molecule has 0 aromatic rings. The molecule has 0 N–H and O–H groups in total. The molecule has 0 aliphatic rings. The van der Waals surface area contributed by atoms with Gasteiger partial charge in [-0.25, -0.2) is 4.79 Å². The van der Waals surface area contributed by atoms with E-state index in [4.69, 9.17) is 11.6 Å². The third-order valence-corrected chi connectivity index (χ3v) is 0.757. The van der Waals surface area contributed by atoms with E-state index in [2.05, 4.69) is 9.47 Å². The number of hydrogen-bond donors (Lipinski definition) is 0. The van der Waals surface area contributed by atoms with E-state index in [1.165, 1.54) is 0 Å². The van der Waals surface area contributed by atoms with Crippen LogP contribution in [0.4, 0.5) is 0 Å². The molecule has 0 fully saturated rings.